The topological polar surface area (TPSA) is 54.5 Å². The SMILES string of the molecule is CS(=O)(=O)C1CN([C]=O)C1. The normalized spacial score (nSPS) is 20.3. The minimum Gasteiger partial charge on any atom is -0.332 e. The maximum absolute atomic E-state index is 10.7. The maximum Gasteiger partial charge on any atom is 0.312 e. The van der Waals surface area contributed by atoms with Crippen molar-refractivity contribution in [1.29, 1.82) is 0 Å². The lowest BCUT2D eigenvalue weighted by molar-refractivity contribution is 0.284. The summed E-state index contributed by atoms with van der Waals surface area (Å²) >= 11 is 0. The zero-order chi connectivity index (χ0) is 7.78. The van der Waals surface area contributed by atoms with E-state index in [4.69, 9.17) is 0 Å². The third kappa shape index (κ3) is 1.29. The van der Waals surface area contributed by atoms with Crippen molar-refractivity contribution in [1.82, 2.24) is 4.90 Å². The fourth-order valence-corrected chi connectivity index (χ4v) is 1.68. The summed E-state index contributed by atoms with van der Waals surface area (Å²) in [6, 6.07) is 0. The molecule has 0 aromatic heterocycles. The second-order valence-corrected chi connectivity index (χ2v) is 4.77. The van der Waals surface area contributed by atoms with E-state index >= 15 is 0 Å². The van der Waals surface area contributed by atoms with Gasteiger partial charge in [-0.15, -0.1) is 0 Å². The zero-order valence-electron chi connectivity index (χ0n) is 5.57. The highest BCUT2D eigenvalue weighted by Crippen LogP contribution is 2.12. The fraction of sp³-hybridized carbons (Fsp3) is 0.800. The van der Waals surface area contributed by atoms with Crippen LogP contribution in [-0.2, 0) is 14.6 Å². The third-order valence-corrected chi connectivity index (χ3v) is 3.09. The molecule has 0 aromatic rings. The van der Waals surface area contributed by atoms with E-state index < -0.39 is 9.84 Å². The molecule has 1 fully saturated rings. The summed E-state index contributed by atoms with van der Waals surface area (Å²) in [5, 5.41) is -0.353. The van der Waals surface area contributed by atoms with E-state index in [-0.39, 0.29) is 5.25 Å². The van der Waals surface area contributed by atoms with Crippen LogP contribution in [0.3, 0.4) is 0 Å². The predicted octanol–water partition coefficient (Wildman–Crippen LogP) is -1.22. The van der Waals surface area contributed by atoms with Gasteiger partial charge in [-0.3, -0.25) is 4.79 Å². The van der Waals surface area contributed by atoms with Gasteiger partial charge in [0.05, 0.1) is 5.25 Å². The second-order valence-electron chi connectivity index (χ2n) is 2.45. The summed E-state index contributed by atoms with van der Waals surface area (Å²) in [6.45, 7) is 0.616. The van der Waals surface area contributed by atoms with Crippen LogP contribution in [0.1, 0.15) is 0 Å². The van der Waals surface area contributed by atoms with E-state index in [1.54, 1.807) is 6.41 Å². The maximum atomic E-state index is 10.7. The van der Waals surface area contributed by atoms with Crippen LogP contribution in [0.2, 0.25) is 0 Å². The predicted molar refractivity (Wildman–Crippen MR) is 35.9 cm³/mol. The molecule has 1 saturated heterocycles. The molecule has 0 spiro atoms. The number of nitrogens with zero attached hydrogens (tertiary/aromatic N) is 1. The minimum atomic E-state index is -2.93. The van der Waals surface area contributed by atoms with Crippen molar-refractivity contribution in [2.45, 2.75) is 5.25 Å². The Hall–Kier alpha value is -0.580. The van der Waals surface area contributed by atoms with Gasteiger partial charge in [-0.05, 0) is 0 Å². The van der Waals surface area contributed by atoms with Crippen molar-refractivity contribution in [3.8, 4) is 0 Å². The molecule has 0 bridgehead atoms. The summed E-state index contributed by atoms with van der Waals surface area (Å²) in [4.78, 5) is 11.2. The van der Waals surface area contributed by atoms with Crippen LogP contribution >= 0.6 is 0 Å². The number of rotatable bonds is 2. The van der Waals surface area contributed by atoms with Crippen LogP contribution in [-0.4, -0.2) is 44.3 Å². The Bertz CT molecular complexity index is 227. The van der Waals surface area contributed by atoms with E-state index in [0.717, 1.165) is 0 Å². The molecule has 1 aliphatic heterocycles. The van der Waals surface area contributed by atoms with Gasteiger partial charge in [0.15, 0.2) is 9.84 Å². The summed E-state index contributed by atoms with van der Waals surface area (Å²) in [5.41, 5.74) is 0. The number of sulfone groups is 1. The lowest BCUT2D eigenvalue weighted by Crippen LogP contribution is -2.53. The Morgan fingerprint density at radius 3 is 2.30 bits per heavy atom. The molecular formula is C5H8NO3S. The molecule has 1 heterocycles. The van der Waals surface area contributed by atoms with E-state index in [2.05, 4.69) is 0 Å². The Morgan fingerprint density at radius 2 is 2.00 bits per heavy atom. The van der Waals surface area contributed by atoms with Crippen molar-refractivity contribution in [2.24, 2.45) is 0 Å². The lowest BCUT2D eigenvalue weighted by atomic mass is 10.2. The molecule has 0 aromatic carbocycles. The Balaban J connectivity index is 2.48. The van der Waals surface area contributed by atoms with Gasteiger partial charge in [-0.1, -0.05) is 0 Å². The van der Waals surface area contributed by atoms with Crippen molar-refractivity contribution in [3.63, 3.8) is 0 Å². The number of likely N-dealkylation sites (tertiary alicyclic amines) is 1. The molecule has 4 nitrogen and oxygen atoms in total. The number of carbonyl (C=O) groups excluding carboxylic acids is 1. The standard InChI is InChI=1S/C5H8NO3S/c1-10(8,9)5-2-6(3-5)4-7/h5H,2-3H2,1H3. The highest BCUT2D eigenvalue weighted by Gasteiger charge is 2.33. The van der Waals surface area contributed by atoms with Crippen molar-refractivity contribution >= 4 is 16.2 Å². The number of hydrogen-bond donors (Lipinski definition) is 0. The molecule has 1 amide bonds. The average molecular weight is 162 g/mol. The van der Waals surface area contributed by atoms with Gasteiger partial charge >= 0.3 is 6.41 Å². The first-order valence-corrected chi connectivity index (χ1v) is 4.81. The highest BCUT2D eigenvalue weighted by atomic mass is 32.2. The first-order valence-electron chi connectivity index (χ1n) is 2.85. The fourth-order valence-electron chi connectivity index (χ4n) is 0.783. The first-order chi connectivity index (χ1) is 4.54. The Kier molecular flexibility index (Phi) is 1.68. The minimum absolute atomic E-state index is 0.308. The molecule has 1 rings (SSSR count). The second kappa shape index (κ2) is 2.23. The smallest absolute Gasteiger partial charge is 0.312 e. The van der Waals surface area contributed by atoms with E-state index in [1.807, 2.05) is 0 Å². The van der Waals surface area contributed by atoms with Crippen molar-refractivity contribution in [3.05, 3.63) is 0 Å². The molecule has 5 heteroatoms. The summed E-state index contributed by atoms with van der Waals surface area (Å²) in [7, 11) is -2.93. The molecule has 0 unspecified atom stereocenters. The van der Waals surface area contributed by atoms with E-state index in [0.29, 0.717) is 13.1 Å². The van der Waals surface area contributed by atoms with Gasteiger partial charge in [0.1, 0.15) is 0 Å². The third-order valence-electron chi connectivity index (χ3n) is 1.58. The van der Waals surface area contributed by atoms with E-state index in [9.17, 15) is 13.2 Å². The van der Waals surface area contributed by atoms with Crippen molar-refractivity contribution < 1.29 is 13.2 Å². The molecule has 0 atom stereocenters. The van der Waals surface area contributed by atoms with Crippen LogP contribution in [0, 0.1) is 0 Å². The average Bonchev–Trinajstić information content (AvgIpc) is 1.57. The molecule has 10 heavy (non-hydrogen) atoms. The quantitative estimate of drug-likeness (QED) is 0.511. The molecular weight excluding hydrogens is 154 g/mol. The van der Waals surface area contributed by atoms with Crippen LogP contribution in [0.15, 0.2) is 0 Å². The summed E-state index contributed by atoms with van der Waals surface area (Å²) < 4.78 is 21.4. The Labute approximate surface area is 59.7 Å². The van der Waals surface area contributed by atoms with Crippen molar-refractivity contribution in [2.75, 3.05) is 19.3 Å². The lowest BCUT2D eigenvalue weighted by Gasteiger charge is -2.33. The molecule has 1 radical (unpaired) electrons. The van der Waals surface area contributed by atoms with Crippen LogP contribution in [0.4, 0.5) is 0 Å². The first kappa shape index (κ1) is 7.53. The van der Waals surface area contributed by atoms with E-state index in [1.165, 1.54) is 11.2 Å². The highest BCUT2D eigenvalue weighted by molar-refractivity contribution is 7.91. The Morgan fingerprint density at radius 1 is 1.50 bits per heavy atom. The van der Waals surface area contributed by atoms with Gasteiger partial charge < -0.3 is 4.90 Å². The van der Waals surface area contributed by atoms with Gasteiger partial charge in [0.2, 0.25) is 0 Å². The van der Waals surface area contributed by atoms with Gasteiger partial charge in [-0.2, -0.15) is 0 Å². The van der Waals surface area contributed by atoms with Gasteiger partial charge in [0, 0.05) is 19.3 Å². The summed E-state index contributed by atoms with van der Waals surface area (Å²) in [5.74, 6) is 0. The molecule has 0 saturated carbocycles. The molecule has 0 N–H and O–H groups in total. The molecule has 0 aliphatic carbocycles. The van der Waals surface area contributed by atoms with Gasteiger partial charge in [0.25, 0.3) is 0 Å². The van der Waals surface area contributed by atoms with Crippen LogP contribution < -0.4 is 0 Å². The van der Waals surface area contributed by atoms with Gasteiger partial charge in [-0.25, -0.2) is 8.42 Å². The number of hydrogen-bond acceptors (Lipinski definition) is 3. The molecule has 1 aliphatic rings. The number of amides is 1. The molecule has 57 valence electrons. The summed E-state index contributed by atoms with van der Waals surface area (Å²) in [6.07, 6.45) is 2.80. The monoisotopic (exact) mass is 162 g/mol. The van der Waals surface area contributed by atoms with Crippen LogP contribution in [0.25, 0.3) is 0 Å². The largest absolute Gasteiger partial charge is 0.332 e. The van der Waals surface area contributed by atoms with Crippen LogP contribution in [0.5, 0.6) is 0 Å². The zero-order valence-corrected chi connectivity index (χ0v) is 6.39.